The Hall–Kier alpha value is -6.38. The fraction of sp³-hybridized carbons (Fsp3) is 0.0612. The van der Waals surface area contributed by atoms with Crippen molar-refractivity contribution in [3.05, 3.63) is 197 Å². The number of nitrogens with zero attached hydrogens (tertiary/aromatic N) is 1. The molecule has 51 heavy (non-hydrogen) atoms. The van der Waals surface area contributed by atoms with Crippen LogP contribution in [0.3, 0.4) is 0 Å². The lowest BCUT2D eigenvalue weighted by Gasteiger charge is -2.28. The smallest absolute Gasteiger partial charge is 0.135 e. The van der Waals surface area contributed by atoms with Crippen LogP contribution in [0.4, 0.5) is 17.1 Å². The second-order valence-electron chi connectivity index (χ2n) is 13.9. The first-order valence-corrected chi connectivity index (χ1v) is 17.6. The lowest BCUT2D eigenvalue weighted by Crippen LogP contribution is -2.16. The Morgan fingerprint density at radius 2 is 0.902 bits per heavy atom. The molecule has 2 heteroatoms. The molecule has 1 aromatic heterocycles. The maximum absolute atomic E-state index is 6.22. The standard InChI is InChI=1S/C49H37NO/c1-49(2)45-31-37(20-19-35-13-7-4-8-14-35)23-28-41(45)42-29-26-40(33-46(42)49)50(38-24-21-36(22-25-38)18-17-34-11-5-3-6-12-34)39-27-30-48-44(32-39)43-15-9-10-16-47(43)51-48/h3-33H,1-2H3/b18-17+,20-19+. The normalized spacial score (nSPS) is 13.3. The molecule has 9 rings (SSSR count). The van der Waals surface area contributed by atoms with Gasteiger partial charge in [0.1, 0.15) is 11.2 Å². The largest absolute Gasteiger partial charge is 0.456 e. The zero-order valence-corrected chi connectivity index (χ0v) is 28.8. The fourth-order valence-corrected chi connectivity index (χ4v) is 7.53. The van der Waals surface area contributed by atoms with Crippen molar-refractivity contribution in [3.8, 4) is 11.1 Å². The third-order valence-electron chi connectivity index (χ3n) is 10.2. The zero-order valence-electron chi connectivity index (χ0n) is 28.8. The highest BCUT2D eigenvalue weighted by Gasteiger charge is 2.36. The van der Waals surface area contributed by atoms with Gasteiger partial charge in [0, 0.05) is 33.2 Å². The number of anilines is 3. The van der Waals surface area contributed by atoms with Crippen LogP contribution < -0.4 is 4.90 Å². The van der Waals surface area contributed by atoms with Crippen LogP contribution in [0.15, 0.2) is 168 Å². The van der Waals surface area contributed by atoms with Crippen molar-refractivity contribution in [2.24, 2.45) is 0 Å². The van der Waals surface area contributed by atoms with Gasteiger partial charge in [-0.25, -0.2) is 0 Å². The van der Waals surface area contributed by atoms with Crippen molar-refractivity contribution in [2.75, 3.05) is 4.90 Å². The molecule has 0 unspecified atom stereocenters. The molecule has 2 nitrogen and oxygen atoms in total. The van der Waals surface area contributed by atoms with Crippen LogP contribution in [0.2, 0.25) is 0 Å². The number of fused-ring (bicyclic) bond motifs is 6. The molecule has 0 spiro atoms. The summed E-state index contributed by atoms with van der Waals surface area (Å²) in [7, 11) is 0. The fourth-order valence-electron chi connectivity index (χ4n) is 7.53. The first-order valence-electron chi connectivity index (χ1n) is 17.6. The highest BCUT2D eigenvalue weighted by molar-refractivity contribution is 6.06. The Kier molecular flexibility index (Phi) is 7.51. The van der Waals surface area contributed by atoms with E-state index in [2.05, 4.69) is 189 Å². The zero-order chi connectivity index (χ0) is 34.4. The van der Waals surface area contributed by atoms with Gasteiger partial charge in [0.05, 0.1) is 0 Å². The van der Waals surface area contributed by atoms with Crippen molar-refractivity contribution < 1.29 is 4.42 Å². The van der Waals surface area contributed by atoms with Gasteiger partial charge in [-0.15, -0.1) is 0 Å². The summed E-state index contributed by atoms with van der Waals surface area (Å²) in [5.74, 6) is 0. The minimum absolute atomic E-state index is 0.167. The Labute approximate surface area is 299 Å². The van der Waals surface area contributed by atoms with Gasteiger partial charge in [-0.05, 0) is 93.0 Å². The van der Waals surface area contributed by atoms with E-state index in [1.54, 1.807) is 0 Å². The van der Waals surface area contributed by atoms with Crippen molar-refractivity contribution in [1.82, 2.24) is 0 Å². The summed E-state index contributed by atoms with van der Waals surface area (Å²) in [6.07, 6.45) is 8.74. The number of rotatable bonds is 7. The van der Waals surface area contributed by atoms with Gasteiger partial charge in [-0.1, -0.05) is 153 Å². The Morgan fingerprint density at radius 3 is 1.61 bits per heavy atom. The van der Waals surface area contributed by atoms with Crippen molar-refractivity contribution in [2.45, 2.75) is 19.3 Å². The summed E-state index contributed by atoms with van der Waals surface area (Å²) in [4.78, 5) is 2.37. The van der Waals surface area contributed by atoms with E-state index >= 15 is 0 Å². The Bertz CT molecular complexity index is 2590. The topological polar surface area (TPSA) is 16.4 Å². The van der Waals surface area contributed by atoms with Crippen LogP contribution in [0.1, 0.15) is 47.2 Å². The third-order valence-corrected chi connectivity index (χ3v) is 10.2. The van der Waals surface area contributed by atoms with Crippen LogP contribution in [0, 0.1) is 0 Å². The summed E-state index contributed by atoms with van der Waals surface area (Å²) in [5, 5.41) is 2.24. The average Bonchev–Trinajstić information content (AvgIpc) is 3.66. The molecule has 0 aliphatic heterocycles. The Balaban J connectivity index is 1.12. The average molecular weight is 656 g/mol. The van der Waals surface area contributed by atoms with Gasteiger partial charge in [-0.3, -0.25) is 0 Å². The number of furan rings is 1. The molecule has 0 saturated heterocycles. The second kappa shape index (κ2) is 12.5. The molecule has 0 bridgehead atoms. The molecule has 7 aromatic carbocycles. The molecular formula is C49H37NO. The summed E-state index contributed by atoms with van der Waals surface area (Å²) in [5.41, 5.74) is 15.0. The molecule has 0 saturated carbocycles. The number of benzene rings is 7. The molecule has 0 radical (unpaired) electrons. The van der Waals surface area contributed by atoms with Gasteiger partial charge in [0.25, 0.3) is 0 Å². The second-order valence-corrected chi connectivity index (χ2v) is 13.9. The van der Waals surface area contributed by atoms with E-state index in [-0.39, 0.29) is 5.41 Å². The number of para-hydroxylation sites is 1. The molecule has 0 amide bonds. The summed E-state index contributed by atoms with van der Waals surface area (Å²) in [6, 6.07) is 58.5. The van der Waals surface area contributed by atoms with E-state index in [9.17, 15) is 0 Å². The van der Waals surface area contributed by atoms with Crippen LogP contribution in [0.5, 0.6) is 0 Å². The van der Waals surface area contributed by atoms with Crippen molar-refractivity contribution >= 4 is 63.3 Å². The highest BCUT2D eigenvalue weighted by Crippen LogP contribution is 2.51. The van der Waals surface area contributed by atoms with Crippen LogP contribution in [0.25, 0.3) is 57.4 Å². The first kappa shape index (κ1) is 30.7. The molecule has 0 fully saturated rings. The van der Waals surface area contributed by atoms with E-state index in [0.717, 1.165) is 44.6 Å². The van der Waals surface area contributed by atoms with E-state index in [1.807, 2.05) is 18.2 Å². The van der Waals surface area contributed by atoms with Crippen LogP contribution in [-0.2, 0) is 5.41 Å². The summed E-state index contributed by atoms with van der Waals surface area (Å²) in [6.45, 7) is 4.71. The monoisotopic (exact) mass is 655 g/mol. The summed E-state index contributed by atoms with van der Waals surface area (Å²) >= 11 is 0. The van der Waals surface area contributed by atoms with Gasteiger partial charge < -0.3 is 9.32 Å². The maximum Gasteiger partial charge on any atom is 0.135 e. The predicted octanol–water partition coefficient (Wildman–Crippen LogP) is 13.7. The van der Waals surface area contributed by atoms with Gasteiger partial charge >= 0.3 is 0 Å². The summed E-state index contributed by atoms with van der Waals surface area (Å²) < 4.78 is 6.22. The van der Waals surface area contributed by atoms with Crippen molar-refractivity contribution in [3.63, 3.8) is 0 Å². The lowest BCUT2D eigenvalue weighted by molar-refractivity contribution is 0.660. The van der Waals surface area contributed by atoms with Gasteiger partial charge in [0.15, 0.2) is 0 Å². The quantitative estimate of drug-likeness (QED) is 0.159. The van der Waals surface area contributed by atoms with Gasteiger partial charge in [-0.2, -0.15) is 0 Å². The van der Waals surface area contributed by atoms with E-state index < -0.39 is 0 Å². The van der Waals surface area contributed by atoms with E-state index in [0.29, 0.717) is 0 Å². The highest BCUT2D eigenvalue weighted by atomic mass is 16.3. The minimum atomic E-state index is -0.167. The molecule has 244 valence electrons. The molecule has 1 aliphatic carbocycles. The Morgan fingerprint density at radius 1 is 0.412 bits per heavy atom. The van der Waals surface area contributed by atoms with E-state index in [4.69, 9.17) is 4.42 Å². The molecular weight excluding hydrogens is 619 g/mol. The van der Waals surface area contributed by atoms with Crippen LogP contribution in [-0.4, -0.2) is 0 Å². The van der Waals surface area contributed by atoms with E-state index in [1.165, 1.54) is 38.9 Å². The number of hydrogen-bond acceptors (Lipinski definition) is 2. The molecule has 1 aliphatic rings. The molecule has 1 heterocycles. The SMILES string of the molecule is CC1(C)c2cc(/C=C/c3ccccc3)ccc2-c2ccc(N(c3ccc(/C=C/c4ccccc4)cc3)c3ccc4oc5ccccc5c4c3)cc21. The lowest BCUT2D eigenvalue weighted by atomic mass is 9.81. The maximum atomic E-state index is 6.22. The van der Waals surface area contributed by atoms with Gasteiger partial charge in [0.2, 0.25) is 0 Å². The molecule has 0 atom stereocenters. The predicted molar refractivity (Wildman–Crippen MR) is 217 cm³/mol. The minimum Gasteiger partial charge on any atom is -0.456 e. The van der Waals surface area contributed by atoms with Crippen LogP contribution >= 0.6 is 0 Å². The molecule has 0 N–H and O–H groups in total. The number of hydrogen-bond donors (Lipinski definition) is 0. The molecule has 8 aromatic rings. The first-order chi connectivity index (χ1) is 25.0. The third kappa shape index (κ3) is 5.65. The van der Waals surface area contributed by atoms with Crippen molar-refractivity contribution in [1.29, 1.82) is 0 Å².